The summed E-state index contributed by atoms with van der Waals surface area (Å²) in [4.78, 5) is 24.0. The minimum Gasteiger partial charge on any atom is -0.372 e. The van der Waals surface area contributed by atoms with E-state index in [0.717, 1.165) is 4.88 Å². The van der Waals surface area contributed by atoms with E-state index < -0.39 is 6.10 Å². The van der Waals surface area contributed by atoms with E-state index in [-0.39, 0.29) is 17.7 Å². The summed E-state index contributed by atoms with van der Waals surface area (Å²) < 4.78 is 4.90. The van der Waals surface area contributed by atoms with E-state index in [1.54, 1.807) is 13.0 Å². The van der Waals surface area contributed by atoms with Gasteiger partial charge >= 0.3 is 0 Å². The lowest BCUT2D eigenvalue weighted by molar-refractivity contribution is -0.130. The van der Waals surface area contributed by atoms with Gasteiger partial charge in [-0.2, -0.15) is 0 Å². The molecule has 0 aliphatic rings. The third-order valence-electron chi connectivity index (χ3n) is 2.40. The van der Waals surface area contributed by atoms with Crippen molar-refractivity contribution in [1.29, 1.82) is 0 Å². The van der Waals surface area contributed by atoms with Crippen molar-refractivity contribution >= 4 is 23.0 Å². The van der Waals surface area contributed by atoms with Crippen LogP contribution < -0.4 is 5.32 Å². The average Bonchev–Trinajstić information content (AvgIpc) is 2.80. The number of rotatable bonds is 6. The quantitative estimate of drug-likeness (QED) is 0.789. The molecule has 1 rings (SSSR count). The van der Waals surface area contributed by atoms with E-state index in [1.165, 1.54) is 18.4 Å². The monoisotopic (exact) mass is 255 g/mol. The van der Waals surface area contributed by atoms with E-state index in [4.69, 9.17) is 4.74 Å². The molecule has 0 saturated carbocycles. The molecular weight excluding hydrogens is 238 g/mol. The number of ether oxygens (including phenoxy) is 1. The lowest BCUT2D eigenvalue weighted by Gasteiger charge is -2.15. The number of carbonyl (C=O) groups is 2. The zero-order valence-electron chi connectivity index (χ0n) is 10.2. The average molecular weight is 255 g/mol. The molecule has 0 radical (unpaired) electrons. The SMILES string of the molecule is COC(C)C(=O)NC(C)CC(=O)c1cccs1. The molecule has 1 aromatic heterocycles. The Morgan fingerprint density at radius 2 is 2.18 bits per heavy atom. The maximum absolute atomic E-state index is 11.8. The highest BCUT2D eigenvalue weighted by Crippen LogP contribution is 2.12. The summed E-state index contributed by atoms with van der Waals surface area (Å²) in [6.07, 6.45) is -0.183. The Hall–Kier alpha value is -1.20. The Morgan fingerprint density at radius 3 is 2.71 bits per heavy atom. The van der Waals surface area contributed by atoms with Crippen molar-refractivity contribution in [2.75, 3.05) is 7.11 Å². The highest BCUT2D eigenvalue weighted by Gasteiger charge is 2.17. The summed E-state index contributed by atoms with van der Waals surface area (Å²) in [5.74, 6) is -0.142. The molecule has 0 bridgehead atoms. The van der Waals surface area contributed by atoms with Crippen LogP contribution in [0.25, 0.3) is 0 Å². The van der Waals surface area contributed by atoms with E-state index in [2.05, 4.69) is 5.32 Å². The molecule has 17 heavy (non-hydrogen) atoms. The molecule has 0 fully saturated rings. The number of thiophene rings is 1. The number of nitrogens with one attached hydrogen (secondary N) is 1. The van der Waals surface area contributed by atoms with Crippen LogP contribution >= 0.6 is 11.3 Å². The van der Waals surface area contributed by atoms with Crippen molar-refractivity contribution < 1.29 is 14.3 Å². The third kappa shape index (κ3) is 4.28. The first kappa shape index (κ1) is 13.9. The lowest BCUT2D eigenvalue weighted by Crippen LogP contribution is -2.40. The standard InChI is InChI=1S/C12H17NO3S/c1-8(13-12(15)9(2)16-3)7-10(14)11-5-4-6-17-11/h4-6,8-9H,7H2,1-3H3,(H,13,15). The van der Waals surface area contributed by atoms with Gasteiger partial charge in [0.05, 0.1) is 4.88 Å². The number of hydrogen-bond donors (Lipinski definition) is 1. The Morgan fingerprint density at radius 1 is 1.47 bits per heavy atom. The fraction of sp³-hybridized carbons (Fsp3) is 0.500. The highest BCUT2D eigenvalue weighted by atomic mass is 32.1. The molecule has 2 unspecified atom stereocenters. The third-order valence-corrected chi connectivity index (χ3v) is 3.31. The number of methoxy groups -OCH3 is 1. The first-order valence-corrected chi connectivity index (χ1v) is 6.32. The van der Waals surface area contributed by atoms with E-state index in [1.807, 2.05) is 18.4 Å². The van der Waals surface area contributed by atoms with Crippen molar-refractivity contribution in [3.63, 3.8) is 0 Å². The second-order valence-corrected chi connectivity index (χ2v) is 4.84. The molecule has 0 aromatic carbocycles. The maximum atomic E-state index is 11.8. The van der Waals surface area contributed by atoms with Gasteiger partial charge in [0.15, 0.2) is 5.78 Å². The molecule has 94 valence electrons. The normalized spacial score (nSPS) is 14.1. The van der Waals surface area contributed by atoms with Gasteiger partial charge in [-0.15, -0.1) is 11.3 Å². The molecule has 1 amide bonds. The Kier molecular flexibility index (Phi) is 5.31. The van der Waals surface area contributed by atoms with Crippen LogP contribution in [0.5, 0.6) is 0 Å². The molecule has 0 saturated heterocycles. The summed E-state index contributed by atoms with van der Waals surface area (Å²) >= 11 is 1.42. The summed E-state index contributed by atoms with van der Waals surface area (Å²) in [6, 6.07) is 3.45. The molecule has 0 spiro atoms. The van der Waals surface area contributed by atoms with Crippen LogP contribution in [0, 0.1) is 0 Å². The Labute approximate surface area is 105 Å². The van der Waals surface area contributed by atoms with Gasteiger partial charge in [0, 0.05) is 19.6 Å². The van der Waals surface area contributed by atoms with Crippen LogP contribution in [0.4, 0.5) is 0 Å². The number of Topliss-reactive ketones (excluding diaryl/α,β-unsaturated/α-hetero) is 1. The molecular formula is C12H17NO3S. The van der Waals surface area contributed by atoms with Gasteiger partial charge in [0.25, 0.3) is 0 Å². The highest BCUT2D eigenvalue weighted by molar-refractivity contribution is 7.12. The van der Waals surface area contributed by atoms with Crippen molar-refractivity contribution in [2.45, 2.75) is 32.4 Å². The largest absolute Gasteiger partial charge is 0.372 e. The second kappa shape index (κ2) is 6.51. The van der Waals surface area contributed by atoms with Gasteiger partial charge in [-0.05, 0) is 25.3 Å². The topological polar surface area (TPSA) is 55.4 Å². The minimum atomic E-state index is -0.491. The van der Waals surface area contributed by atoms with E-state index >= 15 is 0 Å². The molecule has 4 nitrogen and oxygen atoms in total. The fourth-order valence-electron chi connectivity index (χ4n) is 1.33. The van der Waals surface area contributed by atoms with Crippen LogP contribution in [0.3, 0.4) is 0 Å². The number of ketones is 1. The summed E-state index contributed by atoms with van der Waals surface area (Å²) in [5.41, 5.74) is 0. The summed E-state index contributed by atoms with van der Waals surface area (Å²) in [7, 11) is 1.48. The zero-order valence-corrected chi connectivity index (χ0v) is 11.0. The van der Waals surface area contributed by atoms with Gasteiger partial charge in [-0.3, -0.25) is 9.59 Å². The van der Waals surface area contributed by atoms with E-state index in [0.29, 0.717) is 6.42 Å². The molecule has 1 heterocycles. The second-order valence-electron chi connectivity index (χ2n) is 3.89. The van der Waals surface area contributed by atoms with Crippen LogP contribution in [0.15, 0.2) is 17.5 Å². The predicted octanol–water partition coefficient (Wildman–Crippen LogP) is 1.86. The molecule has 5 heteroatoms. The van der Waals surface area contributed by atoms with Gasteiger partial charge in [0.1, 0.15) is 6.10 Å². The molecule has 1 aromatic rings. The van der Waals surface area contributed by atoms with Crippen molar-refractivity contribution in [1.82, 2.24) is 5.32 Å². The molecule has 1 N–H and O–H groups in total. The Balaban J connectivity index is 2.42. The first-order chi connectivity index (χ1) is 8.04. The molecule has 0 aliphatic heterocycles. The van der Waals surface area contributed by atoms with Gasteiger partial charge in [-0.1, -0.05) is 6.07 Å². The molecule has 2 atom stereocenters. The van der Waals surface area contributed by atoms with Crippen LogP contribution in [0.1, 0.15) is 29.9 Å². The number of hydrogen-bond acceptors (Lipinski definition) is 4. The van der Waals surface area contributed by atoms with Gasteiger partial charge < -0.3 is 10.1 Å². The zero-order chi connectivity index (χ0) is 12.8. The minimum absolute atomic E-state index is 0.0536. The predicted molar refractivity (Wildman–Crippen MR) is 67.3 cm³/mol. The van der Waals surface area contributed by atoms with Crippen LogP contribution in [-0.2, 0) is 9.53 Å². The maximum Gasteiger partial charge on any atom is 0.249 e. The van der Waals surface area contributed by atoms with Crippen LogP contribution in [-0.4, -0.2) is 30.9 Å². The smallest absolute Gasteiger partial charge is 0.249 e. The van der Waals surface area contributed by atoms with Gasteiger partial charge in [0.2, 0.25) is 5.91 Å². The van der Waals surface area contributed by atoms with Crippen LogP contribution in [0.2, 0.25) is 0 Å². The Bertz CT molecular complexity index is 375. The van der Waals surface area contributed by atoms with Crippen molar-refractivity contribution in [3.8, 4) is 0 Å². The lowest BCUT2D eigenvalue weighted by atomic mass is 10.1. The van der Waals surface area contributed by atoms with Crippen molar-refractivity contribution in [3.05, 3.63) is 22.4 Å². The number of carbonyl (C=O) groups excluding carboxylic acids is 2. The summed E-state index contributed by atoms with van der Waals surface area (Å²) in [6.45, 7) is 3.48. The van der Waals surface area contributed by atoms with E-state index in [9.17, 15) is 9.59 Å². The van der Waals surface area contributed by atoms with Crippen molar-refractivity contribution in [2.24, 2.45) is 0 Å². The van der Waals surface area contributed by atoms with Gasteiger partial charge in [-0.25, -0.2) is 0 Å². The molecule has 0 aliphatic carbocycles. The first-order valence-electron chi connectivity index (χ1n) is 5.44. The summed E-state index contributed by atoms with van der Waals surface area (Å²) in [5, 5.41) is 4.61. The number of amides is 1. The fourth-order valence-corrected chi connectivity index (χ4v) is 2.01.